The van der Waals surface area contributed by atoms with Crippen LogP contribution >= 0.6 is 0 Å². The highest BCUT2D eigenvalue weighted by molar-refractivity contribution is 5.73. The zero-order valence-corrected chi connectivity index (χ0v) is 15.3. The van der Waals surface area contributed by atoms with Crippen molar-refractivity contribution in [3.63, 3.8) is 0 Å². The van der Waals surface area contributed by atoms with Crippen LogP contribution in [0, 0.1) is 0 Å². The van der Waals surface area contributed by atoms with Crippen molar-refractivity contribution in [2.24, 2.45) is 0 Å². The van der Waals surface area contributed by atoms with Crippen molar-refractivity contribution in [2.75, 3.05) is 13.2 Å². The molecule has 1 aromatic carbocycles. The number of aliphatic hydroxyl groups excluding tert-OH is 7. The van der Waals surface area contributed by atoms with Gasteiger partial charge in [0.15, 0.2) is 6.29 Å². The monoisotopic (exact) mass is 412 g/mol. The van der Waals surface area contributed by atoms with Gasteiger partial charge in [0.1, 0.15) is 42.7 Å². The molecular formula is C18H24N2O9. The van der Waals surface area contributed by atoms with E-state index in [1.807, 2.05) is 0 Å². The standard InChI is InChI=1S/C18H24N2O9/c21-6-11(23)17(29-18-16(27)15(26)14(25)12(7-22)28-18)13(24)10-5-19-8-3-1-2-4-9(8)20-10/h1-5,11-18,21-27H,6-7H2/t11-,12-,13-,14-,15+,16-,17-,18-/m1/s1. The molecular weight excluding hydrogens is 388 g/mol. The van der Waals surface area contributed by atoms with Crippen LogP contribution in [0.15, 0.2) is 30.5 Å². The van der Waals surface area contributed by atoms with Gasteiger partial charge >= 0.3 is 0 Å². The van der Waals surface area contributed by atoms with Crippen molar-refractivity contribution >= 4 is 11.0 Å². The van der Waals surface area contributed by atoms with Crippen molar-refractivity contribution in [1.82, 2.24) is 9.97 Å². The number of hydrogen-bond donors (Lipinski definition) is 7. The first-order valence-corrected chi connectivity index (χ1v) is 9.02. The Morgan fingerprint density at radius 1 is 1.00 bits per heavy atom. The number of aliphatic hydroxyl groups is 7. The van der Waals surface area contributed by atoms with Crippen molar-refractivity contribution in [2.45, 2.75) is 49.0 Å². The minimum atomic E-state index is -1.74. The summed E-state index contributed by atoms with van der Waals surface area (Å²) >= 11 is 0. The number of aromatic nitrogens is 2. The topological polar surface area (TPSA) is 186 Å². The van der Waals surface area contributed by atoms with E-state index in [2.05, 4.69) is 9.97 Å². The Morgan fingerprint density at radius 3 is 2.34 bits per heavy atom. The van der Waals surface area contributed by atoms with E-state index in [0.29, 0.717) is 11.0 Å². The largest absolute Gasteiger partial charge is 0.394 e. The predicted octanol–water partition coefficient (Wildman–Crippen LogP) is -2.80. The normalized spacial score (nSPS) is 30.8. The Bertz CT molecular complexity index is 808. The van der Waals surface area contributed by atoms with Crippen LogP contribution in [0.25, 0.3) is 11.0 Å². The Balaban J connectivity index is 1.85. The smallest absolute Gasteiger partial charge is 0.187 e. The van der Waals surface area contributed by atoms with Crippen LogP contribution in [0.1, 0.15) is 11.8 Å². The lowest BCUT2D eigenvalue weighted by atomic mass is 9.99. The zero-order chi connectivity index (χ0) is 21.1. The maximum atomic E-state index is 10.7. The molecule has 2 heterocycles. The molecule has 8 atom stereocenters. The van der Waals surface area contributed by atoms with E-state index in [9.17, 15) is 35.7 Å². The van der Waals surface area contributed by atoms with E-state index >= 15 is 0 Å². The molecule has 3 rings (SSSR count). The third-order valence-electron chi connectivity index (χ3n) is 4.79. The molecule has 1 aromatic heterocycles. The Morgan fingerprint density at radius 2 is 1.69 bits per heavy atom. The fraction of sp³-hybridized carbons (Fsp3) is 0.556. The van der Waals surface area contributed by atoms with Gasteiger partial charge in [-0.3, -0.25) is 4.98 Å². The molecule has 1 fully saturated rings. The molecule has 2 aromatic rings. The molecule has 11 nitrogen and oxygen atoms in total. The number of ether oxygens (including phenoxy) is 2. The summed E-state index contributed by atoms with van der Waals surface area (Å²) in [5.41, 5.74) is 1.09. The molecule has 0 aliphatic carbocycles. The average Bonchev–Trinajstić information content (AvgIpc) is 2.75. The quantitative estimate of drug-likeness (QED) is 0.249. The minimum Gasteiger partial charge on any atom is -0.394 e. The average molecular weight is 412 g/mol. The fourth-order valence-electron chi connectivity index (χ4n) is 3.10. The van der Waals surface area contributed by atoms with Crippen molar-refractivity contribution in [1.29, 1.82) is 0 Å². The number of nitrogens with zero attached hydrogens (tertiary/aromatic N) is 2. The highest BCUT2D eigenvalue weighted by Crippen LogP contribution is 2.28. The van der Waals surface area contributed by atoms with E-state index in [0.717, 1.165) is 0 Å². The van der Waals surface area contributed by atoms with E-state index < -0.39 is 62.2 Å². The first-order chi connectivity index (χ1) is 13.9. The SMILES string of the molecule is OC[C@@H](O)[C@@H](O[C@H]1O[C@H](CO)[C@@H](O)[C@H](O)[C@H]1O)[C@H](O)c1cnc2ccccc2n1. The summed E-state index contributed by atoms with van der Waals surface area (Å²) in [5, 5.41) is 69.3. The second kappa shape index (κ2) is 9.34. The van der Waals surface area contributed by atoms with Gasteiger partial charge in [-0.15, -0.1) is 0 Å². The van der Waals surface area contributed by atoms with Gasteiger partial charge in [-0.1, -0.05) is 12.1 Å². The maximum absolute atomic E-state index is 10.7. The minimum absolute atomic E-state index is 0.0331. The van der Waals surface area contributed by atoms with Gasteiger partial charge in [-0.25, -0.2) is 4.98 Å². The molecule has 1 aliphatic heterocycles. The number of hydrogen-bond acceptors (Lipinski definition) is 11. The number of para-hydroxylation sites is 2. The summed E-state index contributed by atoms with van der Waals surface area (Å²) in [5.74, 6) is 0. The first-order valence-electron chi connectivity index (χ1n) is 9.02. The van der Waals surface area contributed by atoms with Gasteiger partial charge in [0, 0.05) is 0 Å². The van der Waals surface area contributed by atoms with E-state index in [-0.39, 0.29) is 5.69 Å². The Hall–Kier alpha value is -1.80. The summed E-state index contributed by atoms with van der Waals surface area (Å²) in [4.78, 5) is 8.43. The lowest BCUT2D eigenvalue weighted by Crippen LogP contribution is -2.60. The highest BCUT2D eigenvalue weighted by Gasteiger charge is 2.46. The second-order valence-corrected chi connectivity index (χ2v) is 6.78. The molecule has 160 valence electrons. The van der Waals surface area contributed by atoms with E-state index in [1.165, 1.54) is 6.20 Å². The third-order valence-corrected chi connectivity index (χ3v) is 4.79. The Labute approximate surface area is 165 Å². The van der Waals surface area contributed by atoms with E-state index in [4.69, 9.17) is 9.47 Å². The predicted molar refractivity (Wildman–Crippen MR) is 96.2 cm³/mol. The highest BCUT2D eigenvalue weighted by atomic mass is 16.7. The lowest BCUT2D eigenvalue weighted by Gasteiger charge is -2.41. The van der Waals surface area contributed by atoms with Gasteiger partial charge < -0.3 is 45.2 Å². The second-order valence-electron chi connectivity index (χ2n) is 6.78. The molecule has 0 unspecified atom stereocenters. The van der Waals surface area contributed by atoms with Crippen LogP contribution in [0.2, 0.25) is 0 Å². The van der Waals surface area contributed by atoms with Crippen LogP contribution in [-0.4, -0.2) is 102 Å². The molecule has 1 aliphatic rings. The van der Waals surface area contributed by atoms with Crippen molar-refractivity contribution in [3.05, 3.63) is 36.2 Å². The maximum Gasteiger partial charge on any atom is 0.187 e. The molecule has 0 saturated carbocycles. The molecule has 29 heavy (non-hydrogen) atoms. The molecule has 1 saturated heterocycles. The van der Waals surface area contributed by atoms with Crippen LogP contribution in [0.4, 0.5) is 0 Å². The lowest BCUT2D eigenvalue weighted by molar-refractivity contribution is -0.325. The first kappa shape index (κ1) is 21.9. The van der Waals surface area contributed by atoms with Gasteiger partial charge in [0.25, 0.3) is 0 Å². The van der Waals surface area contributed by atoms with Crippen molar-refractivity contribution in [3.8, 4) is 0 Å². The Kier molecular flexibility index (Phi) is 7.05. The number of rotatable bonds is 7. The molecule has 0 radical (unpaired) electrons. The summed E-state index contributed by atoms with van der Waals surface area (Å²) in [6.45, 7) is -1.46. The van der Waals surface area contributed by atoms with E-state index in [1.54, 1.807) is 24.3 Å². The van der Waals surface area contributed by atoms with Gasteiger partial charge in [-0.2, -0.15) is 0 Å². The number of benzene rings is 1. The van der Waals surface area contributed by atoms with Crippen molar-refractivity contribution < 1.29 is 45.2 Å². The summed E-state index contributed by atoms with van der Waals surface area (Å²) in [6, 6.07) is 6.91. The molecule has 0 bridgehead atoms. The summed E-state index contributed by atoms with van der Waals surface area (Å²) in [7, 11) is 0. The van der Waals surface area contributed by atoms with Crippen LogP contribution in [0.3, 0.4) is 0 Å². The van der Waals surface area contributed by atoms with Gasteiger partial charge in [0.2, 0.25) is 0 Å². The number of fused-ring (bicyclic) bond motifs is 1. The fourth-order valence-corrected chi connectivity index (χ4v) is 3.10. The van der Waals surface area contributed by atoms with Crippen LogP contribution in [0.5, 0.6) is 0 Å². The molecule has 11 heteroatoms. The van der Waals surface area contributed by atoms with Gasteiger partial charge in [-0.05, 0) is 12.1 Å². The molecule has 0 amide bonds. The third kappa shape index (κ3) is 4.53. The summed E-state index contributed by atoms with van der Waals surface area (Å²) in [6.07, 6.45) is -11.3. The van der Waals surface area contributed by atoms with Crippen LogP contribution in [-0.2, 0) is 9.47 Å². The zero-order valence-electron chi connectivity index (χ0n) is 15.3. The molecule has 0 spiro atoms. The van der Waals surface area contributed by atoms with Crippen LogP contribution < -0.4 is 0 Å². The molecule has 7 N–H and O–H groups in total. The van der Waals surface area contributed by atoms with Gasteiger partial charge in [0.05, 0.1) is 36.1 Å². The summed E-state index contributed by atoms with van der Waals surface area (Å²) < 4.78 is 10.7.